The zero-order valence-corrected chi connectivity index (χ0v) is 10.5. The lowest BCUT2D eigenvalue weighted by Gasteiger charge is -2.08. The number of nitrogens with zero attached hydrogens (tertiary/aromatic N) is 2. The Morgan fingerprint density at radius 2 is 2.19 bits per heavy atom. The van der Waals surface area contributed by atoms with Crippen molar-refractivity contribution in [3.63, 3.8) is 0 Å². The number of halogens is 1. The Morgan fingerprint density at radius 1 is 1.44 bits per heavy atom. The maximum atomic E-state index is 11.6. The fourth-order valence-electron chi connectivity index (χ4n) is 2.06. The molecule has 6 heteroatoms. The molecule has 16 heavy (non-hydrogen) atoms. The van der Waals surface area contributed by atoms with Gasteiger partial charge >= 0.3 is 0 Å². The van der Waals surface area contributed by atoms with Gasteiger partial charge in [0.05, 0.1) is 0 Å². The molecule has 1 aliphatic carbocycles. The molecule has 1 aliphatic rings. The molecule has 0 saturated heterocycles. The normalized spacial score (nSPS) is 16.6. The second-order valence-electron chi connectivity index (χ2n) is 4.06. The summed E-state index contributed by atoms with van der Waals surface area (Å²) in [5, 5.41) is 10.5. The molecule has 1 amide bonds. The molecule has 2 rings (SSSR count). The van der Waals surface area contributed by atoms with Crippen molar-refractivity contribution >= 4 is 28.8 Å². The van der Waals surface area contributed by atoms with Crippen molar-refractivity contribution in [2.45, 2.75) is 32.1 Å². The molecule has 1 heterocycles. The van der Waals surface area contributed by atoms with Gasteiger partial charge in [0.15, 0.2) is 0 Å². The predicted molar refractivity (Wildman–Crippen MR) is 63.8 cm³/mol. The second kappa shape index (κ2) is 5.59. The predicted octanol–water partition coefficient (Wildman–Crippen LogP) is 2.50. The second-order valence-corrected chi connectivity index (χ2v) is 5.61. The van der Waals surface area contributed by atoms with E-state index in [2.05, 4.69) is 15.5 Å². The van der Waals surface area contributed by atoms with Crippen LogP contribution >= 0.6 is 22.9 Å². The zero-order valence-electron chi connectivity index (χ0n) is 8.91. The standard InChI is InChI=1S/C10H14ClN3OS/c11-10-14-13-9(16-10)8(15)12-6-5-7-3-1-2-4-7/h7H,1-6H2,(H,12,15). The molecule has 0 bridgehead atoms. The molecule has 0 unspecified atom stereocenters. The zero-order chi connectivity index (χ0) is 11.4. The van der Waals surface area contributed by atoms with Gasteiger partial charge in [-0.2, -0.15) is 0 Å². The van der Waals surface area contributed by atoms with Gasteiger partial charge in [0, 0.05) is 6.54 Å². The molecule has 1 aromatic rings. The van der Waals surface area contributed by atoms with Crippen LogP contribution in [0, 0.1) is 5.92 Å². The van der Waals surface area contributed by atoms with Gasteiger partial charge in [-0.25, -0.2) is 0 Å². The third-order valence-corrected chi connectivity index (χ3v) is 3.93. The minimum Gasteiger partial charge on any atom is -0.350 e. The van der Waals surface area contributed by atoms with Crippen molar-refractivity contribution in [1.29, 1.82) is 0 Å². The molecule has 1 fully saturated rings. The van der Waals surface area contributed by atoms with Crippen molar-refractivity contribution in [2.24, 2.45) is 5.92 Å². The van der Waals surface area contributed by atoms with Crippen LogP contribution in [0.5, 0.6) is 0 Å². The lowest BCUT2D eigenvalue weighted by atomic mass is 10.0. The van der Waals surface area contributed by atoms with Crippen LogP contribution in [0.15, 0.2) is 0 Å². The summed E-state index contributed by atoms with van der Waals surface area (Å²) in [4.78, 5) is 11.6. The highest BCUT2D eigenvalue weighted by atomic mass is 35.5. The number of carbonyl (C=O) groups is 1. The summed E-state index contributed by atoms with van der Waals surface area (Å²) < 4.78 is 0.306. The first-order valence-electron chi connectivity index (χ1n) is 5.53. The first-order chi connectivity index (χ1) is 7.75. The van der Waals surface area contributed by atoms with E-state index in [9.17, 15) is 4.79 Å². The first-order valence-corrected chi connectivity index (χ1v) is 6.72. The molecule has 1 aromatic heterocycles. The molecule has 0 spiro atoms. The molecule has 0 radical (unpaired) electrons. The van der Waals surface area contributed by atoms with Gasteiger partial charge in [-0.3, -0.25) is 4.79 Å². The first kappa shape index (κ1) is 11.8. The highest BCUT2D eigenvalue weighted by Crippen LogP contribution is 2.26. The summed E-state index contributed by atoms with van der Waals surface area (Å²) in [6.07, 6.45) is 6.36. The Bertz CT molecular complexity index is 363. The topological polar surface area (TPSA) is 54.9 Å². The molecule has 0 aromatic carbocycles. The smallest absolute Gasteiger partial charge is 0.282 e. The Balaban J connectivity index is 1.71. The van der Waals surface area contributed by atoms with Crippen molar-refractivity contribution in [2.75, 3.05) is 6.54 Å². The van der Waals surface area contributed by atoms with Crippen LogP contribution in [0.1, 0.15) is 41.9 Å². The SMILES string of the molecule is O=C(NCCC1CCCC1)c1nnc(Cl)s1. The Labute approximate surface area is 103 Å². The van der Waals surface area contributed by atoms with Crippen molar-refractivity contribution in [3.8, 4) is 0 Å². The van der Waals surface area contributed by atoms with Crippen LogP contribution in [0.25, 0.3) is 0 Å². The Morgan fingerprint density at radius 3 is 2.81 bits per heavy atom. The van der Waals surface area contributed by atoms with E-state index in [-0.39, 0.29) is 5.91 Å². The summed E-state index contributed by atoms with van der Waals surface area (Å²) in [5.74, 6) is 0.626. The van der Waals surface area contributed by atoms with E-state index < -0.39 is 0 Å². The molecular formula is C10H14ClN3OS. The molecule has 0 atom stereocenters. The Hall–Kier alpha value is -0.680. The molecule has 0 aliphatic heterocycles. The summed E-state index contributed by atoms with van der Waals surface area (Å²) in [6.45, 7) is 0.723. The minimum atomic E-state index is -0.164. The van der Waals surface area contributed by atoms with E-state index in [4.69, 9.17) is 11.6 Å². The van der Waals surface area contributed by atoms with Gasteiger partial charge in [-0.15, -0.1) is 10.2 Å². The summed E-state index contributed by atoms with van der Waals surface area (Å²) in [6, 6.07) is 0. The van der Waals surface area contributed by atoms with Crippen molar-refractivity contribution in [3.05, 3.63) is 9.47 Å². The van der Waals surface area contributed by atoms with E-state index in [0.717, 1.165) is 30.2 Å². The van der Waals surface area contributed by atoms with Crippen molar-refractivity contribution < 1.29 is 4.79 Å². The van der Waals surface area contributed by atoms with Gasteiger partial charge in [0.1, 0.15) is 0 Å². The van der Waals surface area contributed by atoms with Crippen LogP contribution in [0.4, 0.5) is 0 Å². The number of nitrogens with one attached hydrogen (secondary N) is 1. The largest absolute Gasteiger partial charge is 0.350 e. The minimum absolute atomic E-state index is 0.164. The number of amides is 1. The third kappa shape index (κ3) is 3.15. The monoisotopic (exact) mass is 259 g/mol. The average molecular weight is 260 g/mol. The molecule has 4 nitrogen and oxygen atoms in total. The summed E-state index contributed by atoms with van der Waals surface area (Å²) in [5.41, 5.74) is 0. The lowest BCUT2D eigenvalue weighted by molar-refractivity contribution is 0.0950. The molecular weight excluding hydrogens is 246 g/mol. The Kier molecular flexibility index (Phi) is 4.12. The van der Waals surface area contributed by atoms with Crippen LogP contribution in [-0.2, 0) is 0 Å². The van der Waals surface area contributed by atoms with Gasteiger partial charge in [-0.1, -0.05) is 37.0 Å². The van der Waals surface area contributed by atoms with Gasteiger partial charge < -0.3 is 5.32 Å². The van der Waals surface area contributed by atoms with Crippen molar-refractivity contribution in [1.82, 2.24) is 15.5 Å². The van der Waals surface area contributed by atoms with E-state index in [0.29, 0.717) is 9.47 Å². The number of hydrogen-bond donors (Lipinski definition) is 1. The van der Waals surface area contributed by atoms with E-state index in [1.807, 2.05) is 0 Å². The van der Waals surface area contributed by atoms with Crippen LogP contribution < -0.4 is 5.32 Å². The fraction of sp³-hybridized carbons (Fsp3) is 0.700. The number of aromatic nitrogens is 2. The fourth-order valence-corrected chi connectivity index (χ4v) is 2.81. The highest BCUT2D eigenvalue weighted by molar-refractivity contribution is 7.17. The van der Waals surface area contributed by atoms with E-state index >= 15 is 0 Å². The summed E-state index contributed by atoms with van der Waals surface area (Å²) in [7, 11) is 0. The molecule has 1 N–H and O–H groups in total. The van der Waals surface area contributed by atoms with Crippen LogP contribution in [-0.4, -0.2) is 22.6 Å². The molecule has 88 valence electrons. The van der Waals surface area contributed by atoms with Gasteiger partial charge in [0.2, 0.25) is 9.47 Å². The van der Waals surface area contributed by atoms with Gasteiger partial charge in [0.25, 0.3) is 5.91 Å². The van der Waals surface area contributed by atoms with E-state index in [1.54, 1.807) is 0 Å². The highest BCUT2D eigenvalue weighted by Gasteiger charge is 2.16. The number of hydrogen-bond acceptors (Lipinski definition) is 4. The average Bonchev–Trinajstić information content (AvgIpc) is 2.89. The van der Waals surface area contributed by atoms with E-state index in [1.165, 1.54) is 25.7 Å². The number of carbonyl (C=O) groups excluding carboxylic acids is 1. The maximum absolute atomic E-state index is 11.6. The third-order valence-electron chi connectivity index (χ3n) is 2.91. The van der Waals surface area contributed by atoms with Crippen LogP contribution in [0.3, 0.4) is 0 Å². The maximum Gasteiger partial charge on any atom is 0.282 e. The van der Waals surface area contributed by atoms with Crippen LogP contribution in [0.2, 0.25) is 4.47 Å². The van der Waals surface area contributed by atoms with Gasteiger partial charge in [-0.05, 0) is 23.9 Å². The summed E-state index contributed by atoms with van der Waals surface area (Å²) >= 11 is 6.72. The quantitative estimate of drug-likeness (QED) is 0.904. The number of rotatable bonds is 4. The lowest BCUT2D eigenvalue weighted by Crippen LogP contribution is -2.25. The molecule has 1 saturated carbocycles.